The topological polar surface area (TPSA) is 69.0 Å². The van der Waals surface area contributed by atoms with Crippen LogP contribution in [0.2, 0.25) is 0 Å². The minimum atomic E-state index is -0.109. The van der Waals surface area contributed by atoms with E-state index in [-0.39, 0.29) is 11.9 Å². The summed E-state index contributed by atoms with van der Waals surface area (Å²) >= 11 is 0. The molecular formula is C22H26N4O2. The van der Waals surface area contributed by atoms with Crippen molar-refractivity contribution in [2.24, 2.45) is 0 Å². The Hall–Kier alpha value is -3.15. The molecule has 0 aliphatic heterocycles. The van der Waals surface area contributed by atoms with Crippen LogP contribution in [0.5, 0.6) is 5.75 Å². The first-order chi connectivity index (χ1) is 13.7. The fraction of sp³-hybridized carbons (Fsp3) is 0.318. The summed E-state index contributed by atoms with van der Waals surface area (Å²) in [5, 5.41) is 7.14. The number of aromatic nitrogens is 3. The van der Waals surface area contributed by atoms with Crippen molar-refractivity contribution in [3.8, 4) is 11.4 Å². The van der Waals surface area contributed by atoms with Crippen molar-refractivity contribution < 1.29 is 9.53 Å². The molecule has 28 heavy (non-hydrogen) atoms. The first-order valence-corrected chi connectivity index (χ1v) is 9.66. The molecule has 1 N–H and O–H groups in total. The summed E-state index contributed by atoms with van der Waals surface area (Å²) in [6.45, 7) is 4.84. The van der Waals surface area contributed by atoms with Gasteiger partial charge in [0.2, 0.25) is 0 Å². The van der Waals surface area contributed by atoms with Gasteiger partial charge in [-0.25, -0.2) is 9.67 Å². The lowest BCUT2D eigenvalue weighted by Crippen LogP contribution is -2.26. The van der Waals surface area contributed by atoms with Crippen LogP contribution >= 0.6 is 0 Å². The largest absolute Gasteiger partial charge is 0.494 e. The SMILES string of the molecule is CCCCCOc1ccc(C(=O)NC(C)c2ccc(-n3cncn3)cc2)cc1. The molecule has 1 unspecified atom stereocenters. The lowest BCUT2D eigenvalue weighted by atomic mass is 10.1. The van der Waals surface area contributed by atoms with Gasteiger partial charge in [0.05, 0.1) is 18.3 Å². The van der Waals surface area contributed by atoms with E-state index >= 15 is 0 Å². The average molecular weight is 378 g/mol. The molecule has 0 bridgehead atoms. The van der Waals surface area contributed by atoms with Crippen LogP contribution in [0.4, 0.5) is 0 Å². The van der Waals surface area contributed by atoms with Gasteiger partial charge in [-0.1, -0.05) is 31.9 Å². The minimum absolute atomic E-state index is 0.106. The summed E-state index contributed by atoms with van der Waals surface area (Å²) < 4.78 is 7.39. The van der Waals surface area contributed by atoms with E-state index in [4.69, 9.17) is 4.74 Å². The highest BCUT2D eigenvalue weighted by molar-refractivity contribution is 5.94. The lowest BCUT2D eigenvalue weighted by molar-refractivity contribution is 0.0940. The molecule has 0 aliphatic rings. The number of hydrogen-bond acceptors (Lipinski definition) is 4. The van der Waals surface area contributed by atoms with Crippen LogP contribution in [0.25, 0.3) is 5.69 Å². The standard InChI is InChI=1S/C22H26N4O2/c1-3-4-5-14-28-21-12-8-19(9-13-21)22(27)25-17(2)18-6-10-20(11-7-18)26-16-23-15-24-26/h6-13,15-17H,3-5,14H2,1-2H3,(H,25,27). The molecule has 6 heteroatoms. The van der Waals surface area contributed by atoms with Gasteiger partial charge < -0.3 is 10.1 Å². The third kappa shape index (κ3) is 5.19. The first-order valence-electron chi connectivity index (χ1n) is 9.66. The normalized spacial score (nSPS) is 11.8. The van der Waals surface area contributed by atoms with E-state index in [2.05, 4.69) is 22.3 Å². The van der Waals surface area contributed by atoms with Gasteiger partial charge in [0, 0.05) is 5.56 Å². The average Bonchev–Trinajstić information content (AvgIpc) is 3.26. The molecule has 0 saturated heterocycles. The molecule has 0 saturated carbocycles. The third-order valence-electron chi connectivity index (χ3n) is 4.56. The van der Waals surface area contributed by atoms with Crippen LogP contribution in [0.15, 0.2) is 61.2 Å². The van der Waals surface area contributed by atoms with Gasteiger partial charge in [-0.2, -0.15) is 5.10 Å². The highest BCUT2D eigenvalue weighted by Crippen LogP contribution is 2.17. The summed E-state index contributed by atoms with van der Waals surface area (Å²) in [4.78, 5) is 16.5. The number of nitrogens with one attached hydrogen (secondary N) is 1. The van der Waals surface area contributed by atoms with E-state index in [1.54, 1.807) is 23.1 Å². The van der Waals surface area contributed by atoms with Crippen molar-refractivity contribution in [1.29, 1.82) is 0 Å². The number of amides is 1. The second-order valence-corrected chi connectivity index (χ2v) is 6.71. The molecule has 0 spiro atoms. The van der Waals surface area contributed by atoms with E-state index in [1.165, 1.54) is 12.7 Å². The van der Waals surface area contributed by atoms with E-state index < -0.39 is 0 Å². The van der Waals surface area contributed by atoms with Crippen LogP contribution < -0.4 is 10.1 Å². The monoisotopic (exact) mass is 378 g/mol. The van der Waals surface area contributed by atoms with E-state index in [9.17, 15) is 4.79 Å². The van der Waals surface area contributed by atoms with Gasteiger partial charge in [-0.3, -0.25) is 4.79 Å². The molecule has 6 nitrogen and oxygen atoms in total. The number of carbonyl (C=O) groups excluding carboxylic acids is 1. The first kappa shape index (κ1) is 19.6. The van der Waals surface area contributed by atoms with Crippen LogP contribution in [-0.4, -0.2) is 27.3 Å². The Morgan fingerprint density at radius 3 is 2.50 bits per heavy atom. The van der Waals surface area contributed by atoms with Crippen molar-refractivity contribution >= 4 is 5.91 Å². The summed E-state index contributed by atoms with van der Waals surface area (Å²) in [7, 11) is 0. The molecule has 3 rings (SSSR count). The van der Waals surface area contributed by atoms with Gasteiger partial charge in [0.15, 0.2) is 0 Å². The van der Waals surface area contributed by atoms with Crippen LogP contribution in [-0.2, 0) is 0 Å². The molecule has 1 atom stereocenters. The fourth-order valence-corrected chi connectivity index (χ4v) is 2.87. The predicted molar refractivity (Wildman–Crippen MR) is 109 cm³/mol. The van der Waals surface area contributed by atoms with Gasteiger partial charge in [0.1, 0.15) is 18.4 Å². The molecule has 0 radical (unpaired) electrons. The Balaban J connectivity index is 1.55. The van der Waals surface area contributed by atoms with Crippen LogP contribution in [0, 0.1) is 0 Å². The maximum absolute atomic E-state index is 12.5. The summed E-state index contributed by atoms with van der Waals surface area (Å²) in [5.74, 6) is 0.690. The van der Waals surface area contributed by atoms with Crippen LogP contribution in [0.1, 0.15) is 55.1 Å². The molecule has 0 fully saturated rings. The Morgan fingerprint density at radius 1 is 1.11 bits per heavy atom. The molecule has 2 aromatic carbocycles. The number of ether oxygens (including phenoxy) is 1. The third-order valence-corrected chi connectivity index (χ3v) is 4.56. The molecule has 0 aliphatic carbocycles. The number of nitrogens with zero attached hydrogens (tertiary/aromatic N) is 3. The quantitative estimate of drug-likeness (QED) is 0.563. The summed E-state index contributed by atoms with van der Waals surface area (Å²) in [6, 6.07) is 15.0. The maximum atomic E-state index is 12.5. The van der Waals surface area contributed by atoms with Crippen molar-refractivity contribution in [3.05, 3.63) is 72.3 Å². The van der Waals surface area contributed by atoms with E-state index in [0.717, 1.165) is 29.8 Å². The van der Waals surface area contributed by atoms with E-state index in [1.807, 2.05) is 43.3 Å². The van der Waals surface area contributed by atoms with Crippen molar-refractivity contribution in [3.63, 3.8) is 0 Å². The molecule has 1 heterocycles. The molecule has 1 aromatic heterocycles. The van der Waals surface area contributed by atoms with E-state index in [0.29, 0.717) is 12.2 Å². The Labute approximate surface area is 165 Å². The Kier molecular flexibility index (Phi) is 6.78. The Bertz CT molecular complexity index is 859. The smallest absolute Gasteiger partial charge is 0.251 e. The molecule has 1 amide bonds. The fourth-order valence-electron chi connectivity index (χ4n) is 2.87. The zero-order chi connectivity index (χ0) is 19.8. The van der Waals surface area contributed by atoms with Crippen LogP contribution in [0.3, 0.4) is 0 Å². The maximum Gasteiger partial charge on any atom is 0.251 e. The summed E-state index contributed by atoms with van der Waals surface area (Å²) in [6.07, 6.45) is 6.53. The Morgan fingerprint density at radius 2 is 1.86 bits per heavy atom. The highest BCUT2D eigenvalue weighted by atomic mass is 16.5. The van der Waals surface area contributed by atoms with Crippen molar-refractivity contribution in [1.82, 2.24) is 20.1 Å². The van der Waals surface area contributed by atoms with Crippen molar-refractivity contribution in [2.45, 2.75) is 39.2 Å². The lowest BCUT2D eigenvalue weighted by Gasteiger charge is -2.15. The van der Waals surface area contributed by atoms with Gasteiger partial charge >= 0.3 is 0 Å². The summed E-state index contributed by atoms with van der Waals surface area (Å²) in [5.41, 5.74) is 2.56. The second kappa shape index (κ2) is 9.69. The van der Waals surface area contributed by atoms with Gasteiger partial charge in [-0.05, 0) is 55.3 Å². The zero-order valence-electron chi connectivity index (χ0n) is 16.3. The molecule has 3 aromatic rings. The molecule has 146 valence electrons. The minimum Gasteiger partial charge on any atom is -0.494 e. The zero-order valence-corrected chi connectivity index (χ0v) is 16.3. The number of unbranched alkanes of at least 4 members (excludes halogenated alkanes) is 2. The number of carbonyl (C=O) groups is 1. The van der Waals surface area contributed by atoms with Gasteiger partial charge in [-0.15, -0.1) is 0 Å². The second-order valence-electron chi connectivity index (χ2n) is 6.71. The highest BCUT2D eigenvalue weighted by Gasteiger charge is 2.12. The van der Waals surface area contributed by atoms with Gasteiger partial charge in [0.25, 0.3) is 5.91 Å². The predicted octanol–water partition coefficient (Wildman–Crippen LogP) is 4.33. The number of benzene rings is 2. The number of hydrogen-bond donors (Lipinski definition) is 1. The van der Waals surface area contributed by atoms with Crippen molar-refractivity contribution in [2.75, 3.05) is 6.61 Å². The molecular weight excluding hydrogens is 352 g/mol. The number of rotatable bonds is 9.